The van der Waals surface area contributed by atoms with E-state index in [-0.39, 0.29) is 35.6 Å². The topological polar surface area (TPSA) is 104 Å². The largest absolute Gasteiger partial charge is 0.416 e. The highest BCUT2D eigenvalue weighted by molar-refractivity contribution is 7.70. The first-order valence-electron chi connectivity index (χ1n) is 11.3. The summed E-state index contributed by atoms with van der Waals surface area (Å²) in [5.41, 5.74) is -2.38. The van der Waals surface area contributed by atoms with Crippen LogP contribution in [-0.4, -0.2) is 47.8 Å². The molecule has 2 aromatic carbocycles. The summed E-state index contributed by atoms with van der Waals surface area (Å²) in [6.07, 6.45) is -2.45. The van der Waals surface area contributed by atoms with E-state index in [1.165, 1.54) is 25.6 Å². The standard InChI is InChI=1S/C24H20F6N5O3P/c1-39(2,38)21-14(10-31-11-32-21)13-4-6-18(20(27)19(13)26)35-8-7-17(22(35)36)34-23(37)33-16-5-3-12(9-15(16)25)24(28,29)30/h3-6,9-11,17H,7-8H2,1-2H3,(H2,33,34,37)/t17-/m1/s1. The van der Waals surface area contributed by atoms with Crippen molar-refractivity contribution in [3.8, 4) is 11.1 Å². The summed E-state index contributed by atoms with van der Waals surface area (Å²) in [6, 6.07) is 1.56. The molecule has 1 atom stereocenters. The number of hydrogen-bond acceptors (Lipinski definition) is 5. The molecule has 1 aromatic heterocycles. The summed E-state index contributed by atoms with van der Waals surface area (Å²) in [5.74, 6) is -4.82. The number of anilines is 2. The van der Waals surface area contributed by atoms with Crippen molar-refractivity contribution >= 4 is 35.9 Å². The van der Waals surface area contributed by atoms with Crippen LogP contribution in [0.4, 0.5) is 42.5 Å². The molecule has 15 heteroatoms. The highest BCUT2D eigenvalue weighted by Gasteiger charge is 2.36. The molecule has 0 aliphatic carbocycles. The summed E-state index contributed by atoms with van der Waals surface area (Å²) in [5, 5.41) is 4.27. The SMILES string of the molecule is CP(C)(=O)c1ncncc1-c1ccc(N2CC[C@@H](NC(=O)Nc3ccc(C(F)(F)F)cc3F)C2=O)c(F)c1F. The molecule has 4 rings (SSSR count). The van der Waals surface area contributed by atoms with Crippen molar-refractivity contribution in [1.82, 2.24) is 15.3 Å². The van der Waals surface area contributed by atoms with Crippen molar-refractivity contribution in [3.05, 3.63) is 65.9 Å². The molecule has 1 saturated heterocycles. The third-order valence-corrected chi connectivity index (χ3v) is 7.28. The Kier molecular flexibility index (Phi) is 7.44. The molecular weight excluding hydrogens is 551 g/mol. The Balaban J connectivity index is 1.50. The van der Waals surface area contributed by atoms with E-state index in [1.807, 2.05) is 5.32 Å². The fraction of sp³-hybridized carbons (Fsp3) is 0.250. The zero-order valence-corrected chi connectivity index (χ0v) is 21.2. The van der Waals surface area contributed by atoms with Crippen molar-refractivity contribution in [1.29, 1.82) is 0 Å². The summed E-state index contributed by atoms with van der Waals surface area (Å²) in [7, 11) is -2.98. The van der Waals surface area contributed by atoms with Gasteiger partial charge >= 0.3 is 12.2 Å². The number of hydrogen-bond donors (Lipinski definition) is 2. The van der Waals surface area contributed by atoms with Crippen LogP contribution in [0.15, 0.2) is 42.9 Å². The molecule has 39 heavy (non-hydrogen) atoms. The normalized spacial score (nSPS) is 15.9. The Bertz CT molecular complexity index is 1510. The van der Waals surface area contributed by atoms with Gasteiger partial charge in [-0.05, 0) is 50.1 Å². The Morgan fingerprint density at radius 2 is 1.79 bits per heavy atom. The molecule has 1 aliphatic rings. The van der Waals surface area contributed by atoms with Crippen LogP contribution in [0, 0.1) is 17.5 Å². The molecule has 1 aliphatic heterocycles. The van der Waals surface area contributed by atoms with Crippen LogP contribution in [0.2, 0.25) is 0 Å². The third kappa shape index (κ3) is 5.75. The molecule has 0 spiro atoms. The van der Waals surface area contributed by atoms with Crippen LogP contribution >= 0.6 is 7.14 Å². The van der Waals surface area contributed by atoms with Crippen molar-refractivity contribution in [2.75, 3.05) is 30.1 Å². The maximum Gasteiger partial charge on any atom is 0.416 e. The molecule has 0 unspecified atom stereocenters. The Hall–Kier alpha value is -3.93. The predicted octanol–water partition coefficient (Wildman–Crippen LogP) is 4.75. The molecule has 2 N–H and O–H groups in total. The zero-order valence-electron chi connectivity index (χ0n) is 20.3. The van der Waals surface area contributed by atoms with E-state index in [1.54, 1.807) is 0 Å². The van der Waals surface area contributed by atoms with Crippen LogP contribution in [0.1, 0.15) is 12.0 Å². The van der Waals surface area contributed by atoms with E-state index in [2.05, 4.69) is 15.3 Å². The Labute approximate surface area is 217 Å². The van der Waals surface area contributed by atoms with Gasteiger partial charge in [-0.15, -0.1) is 0 Å². The number of carbonyl (C=O) groups is 2. The average Bonchev–Trinajstić information content (AvgIpc) is 3.20. The molecular formula is C24H20F6N5O3P. The van der Waals surface area contributed by atoms with E-state index < -0.39 is 65.7 Å². The van der Waals surface area contributed by atoms with Gasteiger partial charge in [0.1, 0.15) is 30.8 Å². The summed E-state index contributed by atoms with van der Waals surface area (Å²) >= 11 is 0. The lowest BCUT2D eigenvalue weighted by atomic mass is 10.1. The van der Waals surface area contributed by atoms with Gasteiger partial charge in [-0.1, -0.05) is 0 Å². The van der Waals surface area contributed by atoms with Crippen molar-refractivity contribution in [2.24, 2.45) is 0 Å². The summed E-state index contributed by atoms with van der Waals surface area (Å²) < 4.78 is 95.0. The van der Waals surface area contributed by atoms with E-state index >= 15 is 8.78 Å². The molecule has 3 aromatic rings. The highest BCUT2D eigenvalue weighted by atomic mass is 31.2. The quantitative estimate of drug-likeness (QED) is 0.340. The number of urea groups is 1. The lowest BCUT2D eigenvalue weighted by Crippen LogP contribution is -2.43. The lowest BCUT2D eigenvalue weighted by molar-refractivity contribution is -0.137. The maximum absolute atomic E-state index is 15.1. The third-order valence-electron chi connectivity index (χ3n) is 5.90. The van der Waals surface area contributed by atoms with Crippen LogP contribution in [-0.2, 0) is 15.5 Å². The van der Waals surface area contributed by atoms with Gasteiger partial charge in [-0.2, -0.15) is 13.2 Å². The van der Waals surface area contributed by atoms with Gasteiger partial charge in [0, 0.05) is 23.9 Å². The number of nitrogens with one attached hydrogen (secondary N) is 2. The van der Waals surface area contributed by atoms with Crippen molar-refractivity contribution in [2.45, 2.75) is 18.6 Å². The number of benzene rings is 2. The number of halogens is 6. The minimum absolute atomic E-state index is 0.0178. The van der Waals surface area contributed by atoms with Gasteiger partial charge < -0.3 is 20.1 Å². The van der Waals surface area contributed by atoms with E-state index in [0.29, 0.717) is 6.07 Å². The van der Waals surface area contributed by atoms with Crippen LogP contribution in [0.3, 0.4) is 0 Å². The first kappa shape index (κ1) is 28.1. The van der Waals surface area contributed by atoms with Gasteiger partial charge in [0.25, 0.3) is 0 Å². The molecule has 0 radical (unpaired) electrons. The highest BCUT2D eigenvalue weighted by Crippen LogP contribution is 2.39. The van der Waals surface area contributed by atoms with E-state index in [4.69, 9.17) is 0 Å². The molecule has 3 amide bonds. The van der Waals surface area contributed by atoms with Crippen molar-refractivity contribution in [3.63, 3.8) is 0 Å². The first-order chi connectivity index (χ1) is 18.2. The van der Waals surface area contributed by atoms with Crippen LogP contribution < -0.4 is 21.0 Å². The van der Waals surface area contributed by atoms with Gasteiger partial charge in [-0.25, -0.2) is 27.9 Å². The second kappa shape index (κ2) is 10.3. The van der Waals surface area contributed by atoms with Gasteiger partial charge in [0.15, 0.2) is 11.6 Å². The molecule has 0 saturated carbocycles. The van der Waals surface area contributed by atoms with E-state index in [9.17, 15) is 31.7 Å². The fourth-order valence-corrected chi connectivity index (χ4v) is 5.15. The minimum Gasteiger partial charge on any atom is -0.326 e. The predicted molar refractivity (Wildman–Crippen MR) is 131 cm³/mol. The fourth-order valence-electron chi connectivity index (χ4n) is 4.06. The Morgan fingerprint density at radius 3 is 2.44 bits per heavy atom. The molecule has 8 nitrogen and oxygen atoms in total. The number of aromatic nitrogens is 2. The molecule has 206 valence electrons. The molecule has 0 bridgehead atoms. The lowest BCUT2D eigenvalue weighted by Gasteiger charge is -2.20. The van der Waals surface area contributed by atoms with Crippen LogP contribution in [0.25, 0.3) is 11.1 Å². The first-order valence-corrected chi connectivity index (χ1v) is 13.9. The summed E-state index contributed by atoms with van der Waals surface area (Å²) in [6.45, 7) is 2.73. The van der Waals surface area contributed by atoms with Gasteiger partial charge in [0.05, 0.1) is 16.9 Å². The van der Waals surface area contributed by atoms with Crippen LogP contribution in [0.5, 0.6) is 0 Å². The monoisotopic (exact) mass is 571 g/mol. The number of nitrogens with zero attached hydrogens (tertiary/aromatic N) is 3. The smallest absolute Gasteiger partial charge is 0.326 e. The van der Waals surface area contributed by atoms with Crippen molar-refractivity contribution < 1.29 is 40.5 Å². The maximum atomic E-state index is 15.1. The second-order valence-corrected chi connectivity index (χ2v) is 12.1. The number of rotatable bonds is 5. The number of alkyl halides is 3. The van der Waals surface area contributed by atoms with Gasteiger partial charge in [0.2, 0.25) is 5.91 Å². The Morgan fingerprint density at radius 1 is 1.08 bits per heavy atom. The minimum atomic E-state index is -4.78. The second-order valence-electron chi connectivity index (χ2n) is 8.99. The molecule has 2 heterocycles. The summed E-state index contributed by atoms with van der Waals surface area (Å²) in [4.78, 5) is 33.8. The van der Waals surface area contributed by atoms with Gasteiger partial charge in [-0.3, -0.25) is 4.79 Å². The zero-order chi connectivity index (χ0) is 28.7. The molecule has 1 fully saturated rings. The average molecular weight is 571 g/mol. The number of amides is 3. The van der Waals surface area contributed by atoms with E-state index in [0.717, 1.165) is 23.4 Å². The number of carbonyl (C=O) groups excluding carboxylic acids is 2.